The zero-order chi connectivity index (χ0) is 14.4. The van der Waals surface area contributed by atoms with Gasteiger partial charge in [-0.1, -0.05) is 52.3 Å². The molecule has 0 heterocycles. The number of thiocarbonyl (C=S) groups is 1. The van der Waals surface area contributed by atoms with Crippen LogP contribution in [0.1, 0.15) is 12.5 Å². The SMILES string of the molecule is C/C(=N/NC(=S)Nc1cccc(Br)c1)c1ccccc1. The Hall–Kier alpha value is -1.72. The molecule has 0 atom stereocenters. The van der Waals surface area contributed by atoms with Crippen LogP contribution in [0.3, 0.4) is 0 Å². The predicted molar refractivity (Wildman–Crippen MR) is 92.2 cm³/mol. The quantitative estimate of drug-likeness (QED) is 0.497. The van der Waals surface area contributed by atoms with Crippen LogP contribution in [0.15, 0.2) is 64.2 Å². The van der Waals surface area contributed by atoms with Crippen molar-refractivity contribution in [3.05, 3.63) is 64.6 Å². The summed E-state index contributed by atoms with van der Waals surface area (Å²) in [5.74, 6) is 0. The van der Waals surface area contributed by atoms with Gasteiger partial charge in [-0.15, -0.1) is 0 Å². The molecule has 0 saturated heterocycles. The summed E-state index contributed by atoms with van der Waals surface area (Å²) in [7, 11) is 0. The molecule has 0 amide bonds. The van der Waals surface area contributed by atoms with Gasteiger partial charge in [-0.05, 0) is 42.9 Å². The molecule has 0 aliphatic rings. The van der Waals surface area contributed by atoms with Crippen molar-refractivity contribution in [2.75, 3.05) is 5.32 Å². The normalized spacial score (nSPS) is 11.0. The Morgan fingerprint density at radius 3 is 2.55 bits per heavy atom. The number of anilines is 1. The average Bonchev–Trinajstić information content (AvgIpc) is 2.46. The van der Waals surface area contributed by atoms with Crippen molar-refractivity contribution in [1.29, 1.82) is 0 Å². The summed E-state index contributed by atoms with van der Waals surface area (Å²) < 4.78 is 0.995. The molecule has 0 aliphatic heterocycles. The monoisotopic (exact) mass is 347 g/mol. The highest BCUT2D eigenvalue weighted by molar-refractivity contribution is 9.10. The van der Waals surface area contributed by atoms with Crippen LogP contribution in [0.2, 0.25) is 0 Å². The largest absolute Gasteiger partial charge is 0.331 e. The van der Waals surface area contributed by atoms with E-state index in [1.54, 1.807) is 0 Å². The number of nitrogens with zero attached hydrogens (tertiary/aromatic N) is 1. The molecule has 20 heavy (non-hydrogen) atoms. The molecule has 0 saturated carbocycles. The van der Waals surface area contributed by atoms with Crippen molar-refractivity contribution >= 4 is 44.7 Å². The van der Waals surface area contributed by atoms with E-state index in [0.717, 1.165) is 21.4 Å². The first-order valence-electron chi connectivity index (χ1n) is 6.07. The topological polar surface area (TPSA) is 36.4 Å². The van der Waals surface area contributed by atoms with Crippen molar-refractivity contribution < 1.29 is 0 Å². The first-order valence-corrected chi connectivity index (χ1v) is 7.27. The lowest BCUT2D eigenvalue weighted by atomic mass is 10.1. The number of hydrogen-bond donors (Lipinski definition) is 2. The Morgan fingerprint density at radius 1 is 1.10 bits per heavy atom. The number of rotatable bonds is 3. The first kappa shape index (κ1) is 14.7. The van der Waals surface area contributed by atoms with Crippen molar-refractivity contribution in [2.24, 2.45) is 5.10 Å². The molecule has 2 rings (SSSR count). The van der Waals surface area contributed by atoms with Gasteiger partial charge in [0.1, 0.15) is 0 Å². The lowest BCUT2D eigenvalue weighted by Crippen LogP contribution is -2.24. The summed E-state index contributed by atoms with van der Waals surface area (Å²) in [6.45, 7) is 1.93. The second kappa shape index (κ2) is 7.17. The van der Waals surface area contributed by atoms with Crippen molar-refractivity contribution in [1.82, 2.24) is 5.43 Å². The zero-order valence-electron chi connectivity index (χ0n) is 10.9. The molecule has 0 spiro atoms. The van der Waals surface area contributed by atoms with Crippen LogP contribution in [0, 0.1) is 0 Å². The van der Waals surface area contributed by atoms with Crippen LogP contribution in [0.25, 0.3) is 0 Å². The average molecular weight is 348 g/mol. The Morgan fingerprint density at radius 2 is 1.85 bits per heavy atom. The highest BCUT2D eigenvalue weighted by Gasteiger charge is 1.99. The summed E-state index contributed by atoms with van der Waals surface area (Å²) in [6.07, 6.45) is 0. The molecule has 0 aromatic heterocycles. The van der Waals surface area contributed by atoms with Crippen LogP contribution in [-0.2, 0) is 0 Å². The minimum absolute atomic E-state index is 0.457. The van der Waals surface area contributed by atoms with E-state index < -0.39 is 0 Å². The maximum absolute atomic E-state index is 5.20. The molecule has 2 N–H and O–H groups in total. The summed E-state index contributed by atoms with van der Waals surface area (Å²) in [6, 6.07) is 17.7. The first-order chi connectivity index (χ1) is 9.65. The molecule has 102 valence electrons. The Labute approximate surface area is 132 Å². The number of hydrogen-bond acceptors (Lipinski definition) is 2. The highest BCUT2D eigenvalue weighted by atomic mass is 79.9. The molecule has 0 bridgehead atoms. The van der Waals surface area contributed by atoms with Gasteiger partial charge in [0.25, 0.3) is 0 Å². The summed E-state index contributed by atoms with van der Waals surface area (Å²) in [5, 5.41) is 7.79. The fraction of sp³-hybridized carbons (Fsp3) is 0.0667. The van der Waals surface area contributed by atoms with E-state index in [-0.39, 0.29) is 0 Å². The van der Waals surface area contributed by atoms with E-state index in [2.05, 4.69) is 31.8 Å². The predicted octanol–water partition coefficient (Wildman–Crippen LogP) is 4.16. The second-order valence-corrected chi connectivity index (χ2v) is 5.46. The second-order valence-electron chi connectivity index (χ2n) is 4.14. The third-order valence-electron chi connectivity index (χ3n) is 2.60. The standard InChI is InChI=1S/C15H14BrN3S/c1-11(12-6-3-2-4-7-12)18-19-15(20)17-14-9-5-8-13(16)10-14/h2-10H,1H3,(H2,17,19,20)/b18-11-. The Balaban J connectivity index is 1.95. The number of halogens is 1. The number of benzene rings is 2. The van der Waals surface area contributed by atoms with Crippen LogP contribution in [-0.4, -0.2) is 10.8 Å². The fourth-order valence-corrected chi connectivity index (χ4v) is 2.17. The lowest BCUT2D eigenvalue weighted by molar-refractivity contribution is 1.04. The lowest BCUT2D eigenvalue weighted by Gasteiger charge is -2.08. The third-order valence-corrected chi connectivity index (χ3v) is 3.29. The maximum Gasteiger partial charge on any atom is 0.191 e. The van der Waals surface area contributed by atoms with Gasteiger partial charge in [0.05, 0.1) is 5.71 Å². The van der Waals surface area contributed by atoms with E-state index >= 15 is 0 Å². The molecular formula is C15H14BrN3S. The van der Waals surface area contributed by atoms with E-state index in [0.29, 0.717) is 5.11 Å². The van der Waals surface area contributed by atoms with Gasteiger partial charge in [-0.3, -0.25) is 5.43 Å². The summed E-state index contributed by atoms with van der Waals surface area (Å²) >= 11 is 8.62. The van der Waals surface area contributed by atoms with Crippen LogP contribution >= 0.6 is 28.1 Å². The molecular weight excluding hydrogens is 334 g/mol. The van der Waals surface area contributed by atoms with E-state index in [1.165, 1.54) is 0 Å². The van der Waals surface area contributed by atoms with Crippen molar-refractivity contribution in [3.63, 3.8) is 0 Å². The van der Waals surface area contributed by atoms with Gasteiger partial charge < -0.3 is 5.32 Å². The highest BCUT2D eigenvalue weighted by Crippen LogP contribution is 2.15. The van der Waals surface area contributed by atoms with Gasteiger partial charge in [0, 0.05) is 10.2 Å². The third kappa shape index (κ3) is 4.43. The minimum Gasteiger partial charge on any atom is -0.331 e. The van der Waals surface area contributed by atoms with Gasteiger partial charge in [-0.2, -0.15) is 5.10 Å². The molecule has 2 aromatic carbocycles. The van der Waals surface area contributed by atoms with E-state index in [1.807, 2.05) is 61.5 Å². The van der Waals surface area contributed by atoms with E-state index in [9.17, 15) is 0 Å². The molecule has 5 heteroatoms. The fourth-order valence-electron chi connectivity index (χ4n) is 1.60. The smallest absolute Gasteiger partial charge is 0.191 e. The number of nitrogens with one attached hydrogen (secondary N) is 2. The van der Waals surface area contributed by atoms with Gasteiger partial charge in [0.15, 0.2) is 5.11 Å². The van der Waals surface area contributed by atoms with Crippen molar-refractivity contribution in [3.8, 4) is 0 Å². The molecule has 3 nitrogen and oxygen atoms in total. The molecule has 2 aromatic rings. The van der Waals surface area contributed by atoms with Gasteiger partial charge in [-0.25, -0.2) is 0 Å². The van der Waals surface area contributed by atoms with Crippen LogP contribution in [0.4, 0.5) is 5.69 Å². The zero-order valence-corrected chi connectivity index (χ0v) is 13.3. The van der Waals surface area contributed by atoms with Gasteiger partial charge >= 0.3 is 0 Å². The maximum atomic E-state index is 5.20. The summed E-state index contributed by atoms with van der Waals surface area (Å²) in [5.41, 5.74) is 5.69. The Bertz CT molecular complexity index is 626. The van der Waals surface area contributed by atoms with Crippen molar-refractivity contribution in [2.45, 2.75) is 6.92 Å². The van der Waals surface area contributed by atoms with E-state index in [4.69, 9.17) is 12.2 Å². The molecule has 0 fully saturated rings. The number of hydrazone groups is 1. The molecule has 0 aliphatic carbocycles. The summed E-state index contributed by atoms with van der Waals surface area (Å²) in [4.78, 5) is 0. The van der Waals surface area contributed by atoms with Crippen LogP contribution in [0.5, 0.6) is 0 Å². The molecule has 0 radical (unpaired) electrons. The van der Waals surface area contributed by atoms with Crippen LogP contribution < -0.4 is 10.7 Å². The van der Waals surface area contributed by atoms with Gasteiger partial charge in [0.2, 0.25) is 0 Å². The Kier molecular flexibility index (Phi) is 5.26. The molecule has 0 unspecified atom stereocenters. The minimum atomic E-state index is 0.457.